The van der Waals surface area contributed by atoms with Crippen LogP contribution in [0.4, 0.5) is 5.69 Å². The summed E-state index contributed by atoms with van der Waals surface area (Å²) in [6.07, 6.45) is 0. The van der Waals surface area contributed by atoms with Crippen LogP contribution in [0.15, 0.2) is 42.5 Å². The van der Waals surface area contributed by atoms with E-state index in [4.69, 9.17) is 4.74 Å². The minimum absolute atomic E-state index is 0.174. The molecule has 0 aliphatic heterocycles. The summed E-state index contributed by atoms with van der Waals surface area (Å²) in [5, 5.41) is 11.0. The number of amides is 1. The fourth-order valence-corrected chi connectivity index (χ4v) is 2.46. The van der Waals surface area contributed by atoms with Gasteiger partial charge in [0.2, 0.25) is 0 Å². The van der Waals surface area contributed by atoms with Gasteiger partial charge in [-0.05, 0) is 42.8 Å². The Bertz CT molecular complexity index is 841. The van der Waals surface area contributed by atoms with E-state index in [1.54, 1.807) is 23.9 Å². The maximum absolute atomic E-state index is 12.4. The topological polar surface area (TPSA) is 69.0 Å². The molecule has 1 heterocycles. The second-order valence-electron chi connectivity index (χ2n) is 5.20. The Morgan fingerprint density at radius 2 is 2.13 bits per heavy atom. The van der Waals surface area contributed by atoms with Gasteiger partial charge in [-0.15, -0.1) is 5.10 Å². The average Bonchev–Trinajstić information content (AvgIpc) is 2.97. The highest BCUT2D eigenvalue weighted by Crippen LogP contribution is 2.16. The largest absolute Gasteiger partial charge is 0.380 e. The van der Waals surface area contributed by atoms with Crippen molar-refractivity contribution in [3.63, 3.8) is 0 Å². The van der Waals surface area contributed by atoms with Crippen LogP contribution >= 0.6 is 0 Å². The lowest BCUT2D eigenvalue weighted by molar-refractivity contribution is 0.102. The van der Waals surface area contributed by atoms with Gasteiger partial charge in [-0.2, -0.15) is 0 Å². The van der Waals surface area contributed by atoms with Crippen molar-refractivity contribution in [3.8, 4) is 0 Å². The fourth-order valence-electron chi connectivity index (χ4n) is 2.46. The lowest BCUT2D eigenvalue weighted by Gasteiger charge is -2.07. The minimum Gasteiger partial charge on any atom is -0.380 e. The second-order valence-corrected chi connectivity index (χ2v) is 5.20. The first-order valence-electron chi connectivity index (χ1n) is 7.43. The van der Waals surface area contributed by atoms with Gasteiger partial charge in [-0.25, -0.2) is 4.68 Å². The second kappa shape index (κ2) is 6.58. The summed E-state index contributed by atoms with van der Waals surface area (Å²) in [6, 6.07) is 13.0. The Morgan fingerprint density at radius 3 is 2.91 bits per heavy atom. The third kappa shape index (κ3) is 3.22. The first kappa shape index (κ1) is 15.2. The maximum Gasteiger partial charge on any atom is 0.255 e. The highest BCUT2D eigenvalue weighted by Gasteiger charge is 2.10. The molecule has 0 aliphatic carbocycles. The van der Waals surface area contributed by atoms with Crippen molar-refractivity contribution < 1.29 is 9.53 Å². The molecule has 2 aromatic carbocycles. The van der Waals surface area contributed by atoms with Crippen LogP contribution in [0.3, 0.4) is 0 Å². The molecule has 0 saturated heterocycles. The molecule has 0 fully saturated rings. The van der Waals surface area contributed by atoms with E-state index in [1.165, 1.54) is 0 Å². The molecule has 1 N–H and O–H groups in total. The number of anilines is 1. The molecule has 0 atom stereocenters. The van der Waals surface area contributed by atoms with Crippen LogP contribution in [0.1, 0.15) is 22.8 Å². The van der Waals surface area contributed by atoms with Gasteiger partial charge < -0.3 is 10.1 Å². The van der Waals surface area contributed by atoms with Crippen molar-refractivity contribution >= 4 is 22.6 Å². The molecule has 6 nitrogen and oxygen atoms in total. The Kier molecular flexibility index (Phi) is 4.34. The van der Waals surface area contributed by atoms with Crippen LogP contribution in [0.5, 0.6) is 0 Å². The Hall–Kier alpha value is -2.73. The van der Waals surface area contributed by atoms with E-state index >= 15 is 0 Å². The van der Waals surface area contributed by atoms with Gasteiger partial charge >= 0.3 is 0 Å². The Labute approximate surface area is 134 Å². The maximum atomic E-state index is 12.4. The zero-order valence-corrected chi connectivity index (χ0v) is 13.1. The predicted molar refractivity (Wildman–Crippen MR) is 88.3 cm³/mol. The van der Waals surface area contributed by atoms with E-state index < -0.39 is 0 Å². The van der Waals surface area contributed by atoms with Gasteiger partial charge in [0.05, 0.1) is 12.1 Å². The van der Waals surface area contributed by atoms with E-state index in [0.717, 1.165) is 23.3 Å². The van der Waals surface area contributed by atoms with Gasteiger partial charge in [-0.3, -0.25) is 4.79 Å². The number of fused-ring (bicyclic) bond motifs is 1. The molecular formula is C17H18N4O2. The summed E-state index contributed by atoms with van der Waals surface area (Å²) < 4.78 is 6.90. The smallest absolute Gasteiger partial charge is 0.255 e. The highest BCUT2D eigenvalue weighted by atomic mass is 16.5. The number of aromatic nitrogens is 3. The number of hydrogen-bond acceptors (Lipinski definition) is 4. The molecule has 118 valence electrons. The molecule has 3 aromatic rings. The van der Waals surface area contributed by atoms with Gasteiger partial charge in [0.15, 0.2) is 0 Å². The Morgan fingerprint density at radius 1 is 1.26 bits per heavy atom. The van der Waals surface area contributed by atoms with Crippen LogP contribution in [-0.4, -0.2) is 28.0 Å². The summed E-state index contributed by atoms with van der Waals surface area (Å²) in [7, 11) is 1.64. The average molecular weight is 310 g/mol. The van der Waals surface area contributed by atoms with Crippen molar-refractivity contribution in [2.45, 2.75) is 20.1 Å². The number of carbonyl (C=O) groups excluding carboxylic acids is 1. The number of rotatable bonds is 5. The molecule has 0 radical (unpaired) electrons. The van der Waals surface area contributed by atoms with E-state index in [1.807, 2.05) is 37.3 Å². The third-order valence-electron chi connectivity index (χ3n) is 3.57. The quantitative estimate of drug-likeness (QED) is 0.787. The molecule has 1 amide bonds. The summed E-state index contributed by atoms with van der Waals surface area (Å²) in [5.74, 6) is -0.174. The summed E-state index contributed by atoms with van der Waals surface area (Å²) >= 11 is 0. The molecule has 0 bridgehead atoms. The molecule has 0 spiro atoms. The number of aryl methyl sites for hydroxylation is 1. The van der Waals surface area contributed by atoms with E-state index in [-0.39, 0.29) is 5.91 Å². The van der Waals surface area contributed by atoms with E-state index in [9.17, 15) is 4.79 Å². The standard InChI is InChI=1S/C17H18N4O2/c1-3-21-16-8-7-13(10-15(16)19-20-21)17(22)18-14-6-4-5-12(9-14)11-23-2/h4-10H,3,11H2,1-2H3,(H,18,22). The number of benzene rings is 2. The molecule has 0 saturated carbocycles. The first-order valence-corrected chi connectivity index (χ1v) is 7.43. The van der Waals surface area contributed by atoms with Crippen molar-refractivity contribution in [1.82, 2.24) is 15.0 Å². The monoisotopic (exact) mass is 310 g/mol. The molecule has 1 aromatic heterocycles. The lowest BCUT2D eigenvalue weighted by Crippen LogP contribution is -2.12. The van der Waals surface area contributed by atoms with Crippen LogP contribution in [0.2, 0.25) is 0 Å². The molecular weight excluding hydrogens is 292 g/mol. The van der Waals surface area contributed by atoms with Gasteiger partial charge in [0.1, 0.15) is 5.52 Å². The summed E-state index contributed by atoms with van der Waals surface area (Å²) in [6.45, 7) is 3.26. The fraction of sp³-hybridized carbons (Fsp3) is 0.235. The van der Waals surface area contributed by atoms with Gasteiger partial charge in [0.25, 0.3) is 5.91 Å². The number of carbonyl (C=O) groups is 1. The van der Waals surface area contributed by atoms with Crippen molar-refractivity contribution in [1.29, 1.82) is 0 Å². The van der Waals surface area contributed by atoms with Gasteiger partial charge in [-0.1, -0.05) is 17.3 Å². The third-order valence-corrected chi connectivity index (χ3v) is 3.57. The number of ether oxygens (including phenoxy) is 1. The zero-order chi connectivity index (χ0) is 16.2. The number of hydrogen-bond donors (Lipinski definition) is 1. The SMILES string of the molecule is CCn1nnc2cc(C(=O)Nc3cccc(COC)c3)ccc21. The molecule has 0 unspecified atom stereocenters. The predicted octanol–water partition coefficient (Wildman–Crippen LogP) is 2.85. The highest BCUT2D eigenvalue weighted by molar-refractivity contribution is 6.05. The summed E-state index contributed by atoms with van der Waals surface area (Å²) in [4.78, 5) is 12.4. The first-order chi connectivity index (χ1) is 11.2. The minimum atomic E-state index is -0.174. The molecule has 23 heavy (non-hydrogen) atoms. The van der Waals surface area contributed by atoms with Crippen molar-refractivity contribution in [2.24, 2.45) is 0 Å². The molecule has 6 heteroatoms. The van der Waals surface area contributed by atoms with Crippen molar-refractivity contribution in [3.05, 3.63) is 53.6 Å². The normalized spacial score (nSPS) is 10.9. The van der Waals surface area contributed by atoms with Gasteiger partial charge in [0, 0.05) is 24.9 Å². The molecule has 3 rings (SSSR count). The van der Waals surface area contributed by atoms with Crippen LogP contribution in [-0.2, 0) is 17.9 Å². The van der Waals surface area contributed by atoms with Crippen molar-refractivity contribution in [2.75, 3.05) is 12.4 Å². The summed E-state index contributed by atoms with van der Waals surface area (Å²) in [5.41, 5.74) is 3.94. The number of methoxy groups -OCH3 is 1. The molecule has 0 aliphatic rings. The van der Waals surface area contributed by atoms with E-state index in [2.05, 4.69) is 15.6 Å². The number of nitrogens with zero attached hydrogens (tertiary/aromatic N) is 3. The lowest BCUT2D eigenvalue weighted by atomic mass is 10.1. The number of nitrogens with one attached hydrogen (secondary N) is 1. The van der Waals surface area contributed by atoms with Crippen LogP contribution < -0.4 is 5.32 Å². The Balaban J connectivity index is 1.81. The van der Waals surface area contributed by atoms with E-state index in [0.29, 0.717) is 17.7 Å². The van der Waals surface area contributed by atoms with Crippen LogP contribution in [0.25, 0.3) is 11.0 Å². The zero-order valence-electron chi connectivity index (χ0n) is 13.1. The van der Waals surface area contributed by atoms with Crippen LogP contribution in [0, 0.1) is 0 Å².